The van der Waals surface area contributed by atoms with Crippen LogP contribution in [0.3, 0.4) is 0 Å². The Kier molecular flexibility index (Phi) is 6.61. The second-order valence-electron chi connectivity index (χ2n) is 5.85. The minimum Gasteiger partial charge on any atom is -0.481 e. The quantitative estimate of drug-likeness (QED) is 0.497. The van der Waals surface area contributed by atoms with Crippen LogP contribution in [0, 0.1) is 5.92 Å². The molecule has 3 unspecified atom stereocenters. The topological polar surface area (TPSA) is 54.4 Å². The molecular formula is C18H22O3PS+. The van der Waals surface area contributed by atoms with Gasteiger partial charge in [-0.15, -0.1) is 0 Å². The number of carboxylic acid groups (broad SMARTS) is 1. The van der Waals surface area contributed by atoms with Gasteiger partial charge in [0.25, 0.3) is 0 Å². The Morgan fingerprint density at radius 2 is 1.87 bits per heavy atom. The van der Waals surface area contributed by atoms with Crippen molar-refractivity contribution in [3.63, 3.8) is 0 Å². The number of aliphatic carboxylic acids is 1. The van der Waals surface area contributed by atoms with E-state index in [1.165, 1.54) is 10.8 Å². The molecule has 0 saturated carbocycles. The zero-order valence-corrected chi connectivity index (χ0v) is 15.1. The lowest BCUT2D eigenvalue weighted by Crippen LogP contribution is -2.12. The highest BCUT2D eigenvalue weighted by Crippen LogP contribution is 2.40. The second kappa shape index (κ2) is 8.47. The van der Waals surface area contributed by atoms with Gasteiger partial charge in [-0.05, 0) is 36.2 Å². The van der Waals surface area contributed by atoms with Gasteiger partial charge in [-0.2, -0.15) is 0 Å². The Hall–Kier alpha value is -1.38. The van der Waals surface area contributed by atoms with Gasteiger partial charge < -0.3 is 5.11 Å². The zero-order chi connectivity index (χ0) is 16.8. The summed E-state index contributed by atoms with van der Waals surface area (Å²) in [4.78, 5) is 11.8. The van der Waals surface area contributed by atoms with Crippen molar-refractivity contribution in [2.45, 2.75) is 37.2 Å². The third-order valence-corrected chi connectivity index (χ3v) is 7.71. The second-order valence-corrected chi connectivity index (χ2v) is 9.29. The van der Waals surface area contributed by atoms with Crippen molar-refractivity contribution < 1.29 is 14.5 Å². The standard InChI is InChI=1S/C18H21O3PS/c1-13(7-10-18(19)20)14(2)22(21)12-23-17-9-8-15-5-3-4-6-16(15)11-17/h3-6,8-9,11,13-14H,7,10,12H2,1-2H3/p+1. The number of carbonyl (C=O) groups is 1. The third-order valence-electron chi connectivity index (χ3n) is 4.17. The molecule has 23 heavy (non-hydrogen) atoms. The molecule has 0 radical (unpaired) electrons. The van der Waals surface area contributed by atoms with Gasteiger partial charge in [-0.1, -0.05) is 53.6 Å². The van der Waals surface area contributed by atoms with E-state index >= 15 is 0 Å². The van der Waals surface area contributed by atoms with Crippen LogP contribution < -0.4 is 0 Å². The van der Waals surface area contributed by atoms with E-state index in [0.717, 1.165) is 4.90 Å². The highest BCUT2D eigenvalue weighted by molar-refractivity contribution is 8.03. The molecule has 0 aliphatic rings. The molecule has 0 fully saturated rings. The number of fused-ring (bicyclic) bond motifs is 1. The van der Waals surface area contributed by atoms with Crippen LogP contribution in [0.2, 0.25) is 0 Å². The summed E-state index contributed by atoms with van der Waals surface area (Å²) in [5.41, 5.74) is 0.615. The number of hydrogen-bond acceptors (Lipinski definition) is 3. The molecule has 2 rings (SSSR count). The Bertz CT molecular complexity index is 701. The Morgan fingerprint density at radius 1 is 1.17 bits per heavy atom. The maximum absolute atomic E-state index is 12.4. The summed E-state index contributed by atoms with van der Waals surface area (Å²) in [6.45, 7) is 3.95. The summed E-state index contributed by atoms with van der Waals surface area (Å²) in [6.07, 6.45) is 0.727. The molecule has 0 aliphatic heterocycles. The molecule has 2 aromatic rings. The predicted molar refractivity (Wildman–Crippen MR) is 97.8 cm³/mol. The minimum atomic E-state index is -1.36. The van der Waals surface area contributed by atoms with Gasteiger partial charge in [0, 0.05) is 17.2 Å². The van der Waals surface area contributed by atoms with Crippen LogP contribution in [-0.4, -0.2) is 22.2 Å². The summed E-state index contributed by atoms with van der Waals surface area (Å²) in [6, 6.07) is 14.5. The van der Waals surface area contributed by atoms with Gasteiger partial charge in [0.1, 0.15) is 0 Å². The molecule has 0 heterocycles. The molecule has 3 nitrogen and oxygen atoms in total. The van der Waals surface area contributed by atoms with E-state index in [1.807, 2.05) is 26.0 Å². The molecule has 0 aromatic heterocycles. The van der Waals surface area contributed by atoms with Gasteiger partial charge in [0.2, 0.25) is 0 Å². The van der Waals surface area contributed by atoms with Crippen molar-refractivity contribution in [3.05, 3.63) is 42.5 Å². The highest BCUT2D eigenvalue weighted by Gasteiger charge is 2.31. The SMILES string of the molecule is CC(CCC(=O)O)C(C)[P+](=O)CSc1ccc2ccccc2c1. The van der Waals surface area contributed by atoms with Crippen LogP contribution in [-0.2, 0) is 9.36 Å². The normalized spacial score (nSPS) is 14.4. The lowest BCUT2D eigenvalue weighted by Gasteiger charge is -2.10. The monoisotopic (exact) mass is 349 g/mol. The van der Waals surface area contributed by atoms with Crippen LogP contribution >= 0.6 is 19.6 Å². The van der Waals surface area contributed by atoms with Crippen LogP contribution in [0.1, 0.15) is 26.7 Å². The smallest absolute Gasteiger partial charge is 0.352 e. The summed E-state index contributed by atoms with van der Waals surface area (Å²) >= 11 is 1.61. The minimum absolute atomic E-state index is 0.0392. The summed E-state index contributed by atoms with van der Waals surface area (Å²) < 4.78 is 12.4. The van der Waals surface area contributed by atoms with Crippen molar-refractivity contribution in [3.8, 4) is 0 Å². The van der Waals surface area contributed by atoms with Crippen LogP contribution in [0.15, 0.2) is 47.4 Å². The molecule has 3 atom stereocenters. The van der Waals surface area contributed by atoms with Gasteiger partial charge in [0.15, 0.2) is 11.2 Å². The Labute approximate surface area is 142 Å². The Morgan fingerprint density at radius 3 is 2.57 bits per heavy atom. The molecule has 0 aliphatic carbocycles. The molecule has 5 heteroatoms. The number of carboxylic acids is 1. The van der Waals surface area contributed by atoms with Crippen LogP contribution in [0.4, 0.5) is 0 Å². The number of thioether (sulfide) groups is 1. The molecule has 122 valence electrons. The van der Waals surface area contributed by atoms with E-state index in [0.29, 0.717) is 11.9 Å². The largest absolute Gasteiger partial charge is 0.481 e. The van der Waals surface area contributed by atoms with Gasteiger partial charge >= 0.3 is 13.8 Å². The van der Waals surface area contributed by atoms with Gasteiger partial charge in [-0.25, -0.2) is 0 Å². The number of rotatable bonds is 8. The first kappa shape index (κ1) is 18.0. The lowest BCUT2D eigenvalue weighted by molar-refractivity contribution is -0.137. The molecule has 1 N–H and O–H groups in total. The lowest BCUT2D eigenvalue weighted by atomic mass is 10.0. The molecule has 0 spiro atoms. The number of benzene rings is 2. The molecule has 0 bridgehead atoms. The fraction of sp³-hybridized carbons (Fsp3) is 0.389. The first-order chi connectivity index (χ1) is 11.0. The highest BCUT2D eigenvalue weighted by atomic mass is 32.2. The van der Waals surface area contributed by atoms with E-state index in [4.69, 9.17) is 5.11 Å². The van der Waals surface area contributed by atoms with E-state index in [1.54, 1.807) is 11.8 Å². The average Bonchev–Trinajstić information content (AvgIpc) is 2.56. The fourth-order valence-electron chi connectivity index (χ4n) is 2.39. The first-order valence-electron chi connectivity index (χ1n) is 7.74. The summed E-state index contributed by atoms with van der Waals surface area (Å²) in [5, 5.41) is 11.1. The van der Waals surface area contributed by atoms with Crippen molar-refractivity contribution in [2.75, 3.05) is 5.49 Å². The maximum Gasteiger partial charge on any atom is 0.352 e. The van der Waals surface area contributed by atoms with Crippen LogP contribution in [0.5, 0.6) is 0 Å². The van der Waals surface area contributed by atoms with Crippen molar-refractivity contribution in [1.29, 1.82) is 0 Å². The van der Waals surface area contributed by atoms with E-state index in [-0.39, 0.29) is 18.0 Å². The van der Waals surface area contributed by atoms with Gasteiger partial charge in [0.05, 0.1) is 0 Å². The summed E-state index contributed by atoms with van der Waals surface area (Å²) in [7, 11) is -1.36. The van der Waals surface area contributed by atoms with E-state index < -0.39 is 13.8 Å². The van der Waals surface area contributed by atoms with Crippen molar-refractivity contribution >= 4 is 36.3 Å². The molecule has 2 aromatic carbocycles. The Balaban J connectivity index is 1.90. The summed E-state index contributed by atoms with van der Waals surface area (Å²) in [5.74, 6) is -0.628. The van der Waals surface area contributed by atoms with Crippen molar-refractivity contribution in [1.82, 2.24) is 0 Å². The molecular weight excluding hydrogens is 327 g/mol. The van der Waals surface area contributed by atoms with Gasteiger partial charge in [-0.3, -0.25) is 4.79 Å². The van der Waals surface area contributed by atoms with E-state index in [2.05, 4.69) is 30.3 Å². The number of hydrogen-bond donors (Lipinski definition) is 1. The van der Waals surface area contributed by atoms with E-state index in [9.17, 15) is 9.36 Å². The van der Waals surface area contributed by atoms with Crippen molar-refractivity contribution in [2.24, 2.45) is 5.92 Å². The molecule has 0 saturated heterocycles. The zero-order valence-electron chi connectivity index (χ0n) is 13.4. The first-order valence-corrected chi connectivity index (χ1v) is 10.2. The average molecular weight is 349 g/mol. The molecule has 0 amide bonds. The fourth-order valence-corrected chi connectivity index (χ4v) is 5.53. The third kappa shape index (κ3) is 5.33. The van der Waals surface area contributed by atoms with Crippen LogP contribution in [0.25, 0.3) is 10.8 Å². The maximum atomic E-state index is 12.4. The predicted octanol–water partition coefficient (Wildman–Crippen LogP) is 5.61.